The van der Waals surface area contributed by atoms with Gasteiger partial charge in [-0.3, -0.25) is 0 Å². The highest BCUT2D eigenvalue weighted by Crippen LogP contribution is 2.40. The molecule has 102 valence electrons. The molecule has 1 fully saturated rings. The number of rotatable bonds is 5. The van der Waals surface area contributed by atoms with Crippen molar-refractivity contribution in [3.8, 4) is 0 Å². The fourth-order valence-electron chi connectivity index (χ4n) is 2.61. The summed E-state index contributed by atoms with van der Waals surface area (Å²) in [6.45, 7) is 6.42. The van der Waals surface area contributed by atoms with E-state index in [2.05, 4.69) is 57.9 Å². The van der Waals surface area contributed by atoms with Crippen LogP contribution in [0, 0.1) is 0 Å². The predicted octanol–water partition coefficient (Wildman–Crippen LogP) is 3.85. The molecular weight excluding hydrogens is 302 g/mol. The Kier molecular flexibility index (Phi) is 3.63. The van der Waals surface area contributed by atoms with E-state index in [-0.39, 0.29) is 0 Å². The van der Waals surface area contributed by atoms with E-state index >= 15 is 0 Å². The van der Waals surface area contributed by atoms with Gasteiger partial charge >= 0.3 is 0 Å². The van der Waals surface area contributed by atoms with Crippen LogP contribution < -0.4 is 5.32 Å². The monoisotopic (exact) mass is 321 g/mol. The predicted molar refractivity (Wildman–Crippen MR) is 82.7 cm³/mol. The summed E-state index contributed by atoms with van der Waals surface area (Å²) in [5, 5.41) is 3.43. The summed E-state index contributed by atoms with van der Waals surface area (Å²) < 4.78 is 3.57. The maximum absolute atomic E-state index is 4.88. The molecule has 1 aromatic heterocycles. The van der Waals surface area contributed by atoms with Crippen LogP contribution in [-0.2, 0) is 0 Å². The van der Waals surface area contributed by atoms with Crippen LogP contribution in [-0.4, -0.2) is 22.6 Å². The molecule has 0 bridgehead atoms. The van der Waals surface area contributed by atoms with Gasteiger partial charge in [-0.2, -0.15) is 0 Å². The van der Waals surface area contributed by atoms with Gasteiger partial charge in [0.15, 0.2) is 0 Å². The molecule has 1 unspecified atom stereocenters. The number of nitrogens with one attached hydrogen (secondary N) is 1. The molecule has 0 saturated heterocycles. The van der Waals surface area contributed by atoms with Gasteiger partial charge in [-0.25, -0.2) is 4.98 Å². The number of nitrogens with zero attached hydrogens (tertiary/aromatic N) is 2. The molecule has 0 radical (unpaired) electrons. The van der Waals surface area contributed by atoms with E-state index in [1.807, 2.05) is 0 Å². The summed E-state index contributed by atoms with van der Waals surface area (Å²) in [5.41, 5.74) is 2.39. The van der Waals surface area contributed by atoms with Crippen molar-refractivity contribution in [2.45, 2.75) is 38.6 Å². The number of halogens is 1. The van der Waals surface area contributed by atoms with Crippen molar-refractivity contribution in [2.24, 2.45) is 0 Å². The third kappa shape index (κ3) is 2.56. The molecular formula is C15H20BrN3. The second kappa shape index (κ2) is 5.25. The molecule has 1 aromatic carbocycles. The van der Waals surface area contributed by atoms with E-state index in [0.717, 1.165) is 23.1 Å². The molecule has 0 aliphatic heterocycles. The topological polar surface area (TPSA) is 29.9 Å². The molecule has 3 rings (SSSR count). The van der Waals surface area contributed by atoms with Gasteiger partial charge in [0.05, 0.1) is 11.0 Å². The smallest absolute Gasteiger partial charge is 0.114 e. The first-order valence-corrected chi connectivity index (χ1v) is 7.88. The highest BCUT2D eigenvalue weighted by Gasteiger charge is 2.29. The number of aromatic nitrogens is 2. The maximum atomic E-state index is 4.88. The Bertz CT molecular complexity index is 586. The Morgan fingerprint density at radius 1 is 1.47 bits per heavy atom. The summed E-state index contributed by atoms with van der Waals surface area (Å²) in [6.07, 6.45) is 2.59. The number of hydrogen-bond donors (Lipinski definition) is 1. The Balaban J connectivity index is 2.04. The van der Waals surface area contributed by atoms with Crippen LogP contribution in [0.15, 0.2) is 22.7 Å². The highest BCUT2D eigenvalue weighted by atomic mass is 79.9. The van der Waals surface area contributed by atoms with E-state index in [9.17, 15) is 0 Å². The molecule has 0 spiro atoms. The minimum atomic E-state index is 0.451. The van der Waals surface area contributed by atoms with Gasteiger partial charge in [-0.05, 0) is 37.6 Å². The summed E-state index contributed by atoms with van der Waals surface area (Å²) >= 11 is 3.54. The normalized spacial score (nSPS) is 17.0. The lowest BCUT2D eigenvalue weighted by molar-refractivity contribution is 0.573. The van der Waals surface area contributed by atoms with E-state index < -0.39 is 0 Å². The molecule has 1 heterocycles. The largest absolute Gasteiger partial charge is 0.325 e. The fraction of sp³-hybridized carbons (Fsp3) is 0.533. The average molecular weight is 322 g/mol. The zero-order chi connectivity index (χ0) is 13.4. The minimum absolute atomic E-state index is 0.451. The van der Waals surface area contributed by atoms with Gasteiger partial charge in [0, 0.05) is 23.0 Å². The van der Waals surface area contributed by atoms with E-state index in [1.54, 1.807) is 0 Å². The molecule has 1 N–H and O–H groups in total. The van der Waals surface area contributed by atoms with Crippen LogP contribution in [0.2, 0.25) is 0 Å². The van der Waals surface area contributed by atoms with Gasteiger partial charge in [-0.15, -0.1) is 0 Å². The number of fused-ring (bicyclic) bond motifs is 1. The quantitative estimate of drug-likeness (QED) is 0.906. The summed E-state index contributed by atoms with van der Waals surface area (Å²) in [5.74, 6) is 1.68. The SMILES string of the molecule is CCNCC(C)c1nc2cc(Br)ccc2n1C1CC1. The van der Waals surface area contributed by atoms with Crippen LogP contribution in [0.1, 0.15) is 44.5 Å². The summed E-state index contributed by atoms with van der Waals surface area (Å²) in [6, 6.07) is 7.10. The molecule has 19 heavy (non-hydrogen) atoms. The van der Waals surface area contributed by atoms with Gasteiger partial charge < -0.3 is 9.88 Å². The lowest BCUT2D eigenvalue weighted by Gasteiger charge is -2.14. The molecule has 2 aromatic rings. The van der Waals surface area contributed by atoms with Gasteiger partial charge in [0.1, 0.15) is 5.82 Å². The molecule has 1 atom stereocenters. The summed E-state index contributed by atoms with van der Waals surface area (Å²) in [7, 11) is 0. The van der Waals surface area contributed by atoms with Gasteiger partial charge in [-0.1, -0.05) is 29.8 Å². The average Bonchev–Trinajstić information content (AvgIpc) is 3.16. The first-order chi connectivity index (χ1) is 9.20. The van der Waals surface area contributed by atoms with Crippen molar-refractivity contribution in [1.29, 1.82) is 0 Å². The third-order valence-corrected chi connectivity index (χ3v) is 4.23. The Labute approximate surface area is 122 Å². The Morgan fingerprint density at radius 3 is 2.95 bits per heavy atom. The van der Waals surface area contributed by atoms with Crippen LogP contribution in [0.4, 0.5) is 0 Å². The van der Waals surface area contributed by atoms with E-state index in [0.29, 0.717) is 12.0 Å². The zero-order valence-electron chi connectivity index (χ0n) is 11.5. The first-order valence-electron chi connectivity index (χ1n) is 7.08. The van der Waals surface area contributed by atoms with Crippen LogP contribution in [0.3, 0.4) is 0 Å². The molecule has 1 aliphatic rings. The zero-order valence-corrected chi connectivity index (χ0v) is 13.1. The van der Waals surface area contributed by atoms with Gasteiger partial charge in [0.2, 0.25) is 0 Å². The minimum Gasteiger partial charge on any atom is -0.325 e. The van der Waals surface area contributed by atoms with Crippen molar-refractivity contribution >= 4 is 27.0 Å². The summed E-state index contributed by atoms with van der Waals surface area (Å²) in [4.78, 5) is 4.88. The Morgan fingerprint density at radius 2 is 2.26 bits per heavy atom. The number of likely N-dealkylation sites (N-methyl/N-ethyl adjacent to an activating group) is 1. The van der Waals surface area contributed by atoms with E-state index in [1.165, 1.54) is 24.2 Å². The van der Waals surface area contributed by atoms with Crippen molar-refractivity contribution in [2.75, 3.05) is 13.1 Å². The van der Waals surface area contributed by atoms with Crippen molar-refractivity contribution in [3.05, 3.63) is 28.5 Å². The maximum Gasteiger partial charge on any atom is 0.114 e. The molecule has 4 heteroatoms. The number of imidazole rings is 1. The lowest BCUT2D eigenvalue weighted by atomic mass is 10.1. The van der Waals surface area contributed by atoms with Crippen molar-refractivity contribution in [1.82, 2.24) is 14.9 Å². The van der Waals surface area contributed by atoms with Crippen LogP contribution in [0.5, 0.6) is 0 Å². The van der Waals surface area contributed by atoms with Crippen LogP contribution in [0.25, 0.3) is 11.0 Å². The molecule has 0 amide bonds. The second-order valence-electron chi connectivity index (χ2n) is 5.41. The molecule has 3 nitrogen and oxygen atoms in total. The highest BCUT2D eigenvalue weighted by molar-refractivity contribution is 9.10. The molecule has 1 aliphatic carbocycles. The molecule has 1 saturated carbocycles. The van der Waals surface area contributed by atoms with Crippen molar-refractivity contribution < 1.29 is 0 Å². The fourth-order valence-corrected chi connectivity index (χ4v) is 2.96. The van der Waals surface area contributed by atoms with E-state index in [4.69, 9.17) is 4.98 Å². The number of hydrogen-bond acceptors (Lipinski definition) is 2. The Hall–Kier alpha value is -0.870. The first kappa shape index (κ1) is 13.1. The third-order valence-electron chi connectivity index (χ3n) is 3.73. The standard InChI is InChI=1S/C15H20BrN3/c1-3-17-9-10(2)15-18-13-8-11(16)4-7-14(13)19(15)12-5-6-12/h4,7-8,10,12,17H,3,5-6,9H2,1-2H3. The second-order valence-corrected chi connectivity index (χ2v) is 6.33. The number of benzene rings is 1. The lowest BCUT2D eigenvalue weighted by Crippen LogP contribution is -2.21. The van der Waals surface area contributed by atoms with Gasteiger partial charge in [0.25, 0.3) is 0 Å². The van der Waals surface area contributed by atoms with Crippen molar-refractivity contribution in [3.63, 3.8) is 0 Å². The van der Waals surface area contributed by atoms with Crippen LogP contribution >= 0.6 is 15.9 Å².